The molecule has 0 aromatic rings. The van der Waals surface area contributed by atoms with Crippen LogP contribution in [0.1, 0.15) is 46.0 Å². The summed E-state index contributed by atoms with van der Waals surface area (Å²) in [6, 6.07) is 0.645. The Labute approximate surface area is 93.6 Å². The van der Waals surface area contributed by atoms with Gasteiger partial charge in [-0.1, -0.05) is 12.8 Å². The average molecular weight is 233 g/mol. The van der Waals surface area contributed by atoms with E-state index >= 15 is 0 Å². The van der Waals surface area contributed by atoms with Crippen LogP contribution < -0.4 is 5.32 Å². The Bertz CT molecular complexity index is 266. The Kier molecular flexibility index (Phi) is 5.06. The maximum Gasteiger partial charge on any atom is 0.152 e. The predicted molar refractivity (Wildman–Crippen MR) is 63.8 cm³/mol. The van der Waals surface area contributed by atoms with E-state index in [-0.39, 0.29) is 5.25 Å². The zero-order valence-electron chi connectivity index (χ0n) is 9.83. The molecule has 1 aliphatic rings. The third-order valence-electron chi connectivity index (χ3n) is 3.11. The van der Waals surface area contributed by atoms with E-state index in [1.165, 1.54) is 25.7 Å². The monoisotopic (exact) mass is 233 g/mol. The number of sulfone groups is 1. The van der Waals surface area contributed by atoms with Crippen LogP contribution >= 0.6 is 0 Å². The lowest BCUT2D eigenvalue weighted by molar-refractivity contribution is 0.520. The standard InChI is InChI=1S/C11H23NO2S/c1-10(2)15(13,14)9-5-8-12-11-6-3-4-7-11/h10-12H,3-9H2,1-2H3. The quantitative estimate of drug-likeness (QED) is 0.711. The van der Waals surface area contributed by atoms with Crippen molar-refractivity contribution in [1.82, 2.24) is 5.32 Å². The van der Waals surface area contributed by atoms with Gasteiger partial charge in [0.1, 0.15) is 0 Å². The van der Waals surface area contributed by atoms with Gasteiger partial charge in [0.2, 0.25) is 0 Å². The second kappa shape index (κ2) is 5.85. The minimum absolute atomic E-state index is 0.232. The van der Waals surface area contributed by atoms with Crippen LogP contribution in [-0.2, 0) is 9.84 Å². The van der Waals surface area contributed by atoms with E-state index in [1.54, 1.807) is 13.8 Å². The highest BCUT2D eigenvalue weighted by Crippen LogP contribution is 2.17. The molecule has 1 rings (SSSR count). The molecule has 0 saturated heterocycles. The van der Waals surface area contributed by atoms with Crippen LogP contribution in [0.3, 0.4) is 0 Å². The molecule has 3 nitrogen and oxygen atoms in total. The van der Waals surface area contributed by atoms with E-state index in [9.17, 15) is 8.42 Å². The Morgan fingerprint density at radius 2 is 1.87 bits per heavy atom. The van der Waals surface area contributed by atoms with Gasteiger partial charge in [-0.25, -0.2) is 8.42 Å². The summed E-state index contributed by atoms with van der Waals surface area (Å²) in [5.74, 6) is 0.324. The molecule has 1 aliphatic carbocycles. The highest BCUT2D eigenvalue weighted by atomic mass is 32.2. The van der Waals surface area contributed by atoms with E-state index in [0.29, 0.717) is 11.8 Å². The molecule has 1 N–H and O–H groups in total. The van der Waals surface area contributed by atoms with Gasteiger partial charge in [0.05, 0.1) is 11.0 Å². The van der Waals surface area contributed by atoms with Crippen molar-refractivity contribution >= 4 is 9.84 Å². The van der Waals surface area contributed by atoms with Crippen molar-refractivity contribution in [3.8, 4) is 0 Å². The molecule has 90 valence electrons. The van der Waals surface area contributed by atoms with Crippen LogP contribution in [0.25, 0.3) is 0 Å². The molecule has 0 heterocycles. The lowest BCUT2D eigenvalue weighted by atomic mass is 10.2. The van der Waals surface area contributed by atoms with E-state index in [1.807, 2.05) is 0 Å². The third kappa shape index (κ3) is 4.51. The first-order valence-electron chi connectivity index (χ1n) is 5.97. The minimum Gasteiger partial charge on any atom is -0.314 e. The summed E-state index contributed by atoms with van der Waals surface area (Å²) < 4.78 is 23.0. The maximum atomic E-state index is 11.5. The zero-order valence-corrected chi connectivity index (χ0v) is 10.6. The Morgan fingerprint density at radius 3 is 2.40 bits per heavy atom. The summed E-state index contributed by atoms with van der Waals surface area (Å²) in [4.78, 5) is 0. The van der Waals surface area contributed by atoms with E-state index in [0.717, 1.165) is 13.0 Å². The Hall–Kier alpha value is -0.0900. The lowest BCUT2D eigenvalue weighted by Gasteiger charge is -2.12. The molecule has 4 heteroatoms. The molecule has 0 spiro atoms. The molecule has 0 aromatic heterocycles. The Morgan fingerprint density at radius 1 is 1.27 bits per heavy atom. The van der Waals surface area contributed by atoms with Gasteiger partial charge in [0.15, 0.2) is 9.84 Å². The number of rotatable bonds is 6. The van der Waals surface area contributed by atoms with Gasteiger partial charge >= 0.3 is 0 Å². The van der Waals surface area contributed by atoms with Gasteiger partial charge in [0, 0.05) is 6.04 Å². The molecule has 0 unspecified atom stereocenters. The average Bonchev–Trinajstić information content (AvgIpc) is 2.64. The molecule has 0 amide bonds. The topological polar surface area (TPSA) is 46.2 Å². The van der Waals surface area contributed by atoms with Gasteiger partial charge in [-0.05, 0) is 39.7 Å². The smallest absolute Gasteiger partial charge is 0.152 e. The first-order chi connectivity index (χ1) is 7.02. The van der Waals surface area contributed by atoms with Gasteiger partial charge in [-0.3, -0.25) is 0 Å². The molecule has 0 radical (unpaired) electrons. The molecular weight excluding hydrogens is 210 g/mol. The van der Waals surface area contributed by atoms with Crippen molar-refractivity contribution in [2.75, 3.05) is 12.3 Å². The molecule has 0 aliphatic heterocycles. The van der Waals surface area contributed by atoms with Crippen LogP contribution in [0.4, 0.5) is 0 Å². The fraction of sp³-hybridized carbons (Fsp3) is 1.00. The van der Waals surface area contributed by atoms with Crippen LogP contribution in [-0.4, -0.2) is 32.0 Å². The zero-order chi connectivity index (χ0) is 11.3. The first kappa shape index (κ1) is 13.0. The van der Waals surface area contributed by atoms with Crippen LogP contribution in [0.5, 0.6) is 0 Å². The fourth-order valence-corrected chi connectivity index (χ4v) is 2.96. The molecule has 15 heavy (non-hydrogen) atoms. The van der Waals surface area contributed by atoms with Gasteiger partial charge in [-0.2, -0.15) is 0 Å². The first-order valence-corrected chi connectivity index (χ1v) is 7.69. The summed E-state index contributed by atoms with van der Waals surface area (Å²) in [5.41, 5.74) is 0. The number of hydrogen-bond donors (Lipinski definition) is 1. The van der Waals surface area contributed by atoms with Crippen molar-refractivity contribution in [3.05, 3.63) is 0 Å². The Balaban J connectivity index is 2.11. The van der Waals surface area contributed by atoms with Gasteiger partial charge < -0.3 is 5.32 Å². The third-order valence-corrected chi connectivity index (χ3v) is 5.41. The van der Waals surface area contributed by atoms with Crippen LogP contribution in [0, 0.1) is 0 Å². The van der Waals surface area contributed by atoms with Crippen LogP contribution in [0.2, 0.25) is 0 Å². The van der Waals surface area contributed by atoms with Gasteiger partial charge in [-0.15, -0.1) is 0 Å². The number of nitrogens with one attached hydrogen (secondary N) is 1. The maximum absolute atomic E-state index is 11.5. The van der Waals surface area contributed by atoms with Crippen molar-refractivity contribution < 1.29 is 8.42 Å². The van der Waals surface area contributed by atoms with Crippen molar-refractivity contribution in [2.24, 2.45) is 0 Å². The minimum atomic E-state index is -2.83. The van der Waals surface area contributed by atoms with Crippen LogP contribution in [0.15, 0.2) is 0 Å². The second-order valence-corrected chi connectivity index (χ2v) is 7.38. The molecular formula is C11H23NO2S. The molecule has 1 saturated carbocycles. The normalized spacial score (nSPS) is 18.9. The summed E-state index contributed by atoms with van der Waals surface area (Å²) in [6.07, 6.45) is 5.91. The fourth-order valence-electron chi connectivity index (χ4n) is 1.95. The lowest BCUT2D eigenvalue weighted by Crippen LogP contribution is -2.29. The largest absolute Gasteiger partial charge is 0.314 e. The van der Waals surface area contributed by atoms with E-state index in [2.05, 4.69) is 5.32 Å². The molecule has 1 fully saturated rings. The SMILES string of the molecule is CC(C)S(=O)(=O)CCCNC1CCCC1. The highest BCUT2D eigenvalue weighted by molar-refractivity contribution is 7.91. The van der Waals surface area contributed by atoms with Gasteiger partial charge in [0.25, 0.3) is 0 Å². The molecule has 0 bridgehead atoms. The van der Waals surface area contributed by atoms with E-state index in [4.69, 9.17) is 0 Å². The second-order valence-electron chi connectivity index (χ2n) is 4.70. The number of hydrogen-bond acceptors (Lipinski definition) is 3. The molecule has 0 aromatic carbocycles. The van der Waals surface area contributed by atoms with E-state index < -0.39 is 9.84 Å². The highest BCUT2D eigenvalue weighted by Gasteiger charge is 2.16. The summed E-state index contributed by atoms with van der Waals surface area (Å²) in [5, 5.41) is 3.20. The molecule has 0 atom stereocenters. The summed E-state index contributed by atoms with van der Waals surface area (Å²) in [6.45, 7) is 4.34. The van der Waals surface area contributed by atoms with Crippen molar-refractivity contribution in [2.45, 2.75) is 57.2 Å². The predicted octanol–water partition coefficient (Wildman–Crippen LogP) is 1.73. The van der Waals surface area contributed by atoms with Crippen molar-refractivity contribution in [1.29, 1.82) is 0 Å². The summed E-state index contributed by atoms with van der Waals surface area (Å²) >= 11 is 0. The summed E-state index contributed by atoms with van der Waals surface area (Å²) in [7, 11) is -2.83. The van der Waals surface area contributed by atoms with Crippen molar-refractivity contribution in [3.63, 3.8) is 0 Å².